The lowest BCUT2D eigenvalue weighted by Gasteiger charge is -2.56. The number of nitrogens with zero attached hydrogens (tertiary/aromatic N) is 2. The van der Waals surface area contributed by atoms with E-state index in [9.17, 15) is 9.90 Å². The van der Waals surface area contributed by atoms with Crippen LogP contribution in [-0.4, -0.2) is 39.0 Å². The number of carbonyl (C=O) groups excluding carboxylic acids is 1. The first kappa shape index (κ1) is 18.8. The van der Waals surface area contributed by atoms with Crippen molar-refractivity contribution < 1.29 is 14.6 Å². The van der Waals surface area contributed by atoms with E-state index >= 15 is 0 Å². The summed E-state index contributed by atoms with van der Waals surface area (Å²) in [5.74, 6) is 3.58. The zero-order chi connectivity index (χ0) is 19.5. The number of carbonyl (C=O) groups is 1. The molecule has 1 aromatic rings. The van der Waals surface area contributed by atoms with Crippen molar-refractivity contribution in [1.82, 2.24) is 9.78 Å². The fraction of sp³-hybridized carbons (Fsp3) is 0.826. The van der Waals surface area contributed by atoms with Crippen LogP contribution in [0.2, 0.25) is 0 Å². The minimum Gasteiger partial charge on any atom is -0.390 e. The Bertz CT molecular complexity index is 730. The van der Waals surface area contributed by atoms with Crippen LogP contribution in [0, 0.1) is 35.0 Å². The van der Waals surface area contributed by atoms with Crippen molar-refractivity contribution >= 4 is 5.78 Å². The van der Waals surface area contributed by atoms with Crippen molar-refractivity contribution in [2.24, 2.45) is 35.0 Å². The average molecular weight is 387 g/mol. The second-order valence-corrected chi connectivity index (χ2v) is 10.6. The molecule has 8 atom stereocenters. The van der Waals surface area contributed by atoms with Crippen molar-refractivity contribution in [3.05, 3.63) is 18.5 Å². The van der Waals surface area contributed by atoms with Gasteiger partial charge in [-0.3, -0.25) is 9.48 Å². The zero-order valence-electron chi connectivity index (χ0n) is 17.2. The molecule has 0 bridgehead atoms. The van der Waals surface area contributed by atoms with Crippen molar-refractivity contribution in [2.75, 3.05) is 6.61 Å². The summed E-state index contributed by atoms with van der Waals surface area (Å²) in [6.45, 7) is 5.38. The van der Waals surface area contributed by atoms with E-state index in [0.717, 1.165) is 37.7 Å². The lowest BCUT2D eigenvalue weighted by atomic mass is 9.49. The molecule has 4 aliphatic rings. The summed E-state index contributed by atoms with van der Waals surface area (Å²) in [5.41, 5.74) is -0.490. The predicted octanol–water partition coefficient (Wildman–Crippen LogP) is 3.46. The number of Topliss-reactive ketones (excluding diaryl/α,β-unsaturated/α-hetero) is 1. The molecule has 4 fully saturated rings. The number of hydrogen-bond donors (Lipinski definition) is 1. The fourth-order valence-corrected chi connectivity index (χ4v) is 7.56. The van der Waals surface area contributed by atoms with Gasteiger partial charge in [0.2, 0.25) is 0 Å². The summed E-state index contributed by atoms with van der Waals surface area (Å²) in [4.78, 5) is 13.0. The van der Waals surface area contributed by atoms with Crippen LogP contribution in [0.25, 0.3) is 0 Å². The maximum absolute atomic E-state index is 13.0. The highest BCUT2D eigenvalue weighted by atomic mass is 16.5. The second-order valence-electron chi connectivity index (χ2n) is 10.6. The molecular formula is C23H34N2O3. The lowest BCUT2D eigenvalue weighted by Crippen LogP contribution is -2.52. The average Bonchev–Trinajstić information content (AvgIpc) is 3.27. The maximum atomic E-state index is 13.0. The number of ketones is 1. The normalized spacial score (nSPS) is 47.8. The fourth-order valence-electron chi connectivity index (χ4n) is 7.56. The Hall–Kier alpha value is -1.20. The van der Waals surface area contributed by atoms with Gasteiger partial charge in [0, 0.05) is 17.8 Å². The predicted molar refractivity (Wildman–Crippen MR) is 105 cm³/mol. The molecule has 28 heavy (non-hydrogen) atoms. The van der Waals surface area contributed by atoms with Crippen LogP contribution in [-0.2, 0) is 16.1 Å². The molecule has 5 heteroatoms. The Morgan fingerprint density at radius 1 is 1.18 bits per heavy atom. The minimum atomic E-state index is -0.461. The molecule has 1 aromatic heterocycles. The van der Waals surface area contributed by atoms with Crippen molar-refractivity contribution in [1.29, 1.82) is 0 Å². The largest absolute Gasteiger partial charge is 0.390 e. The smallest absolute Gasteiger partial charge is 0.183 e. The Morgan fingerprint density at radius 2 is 2.00 bits per heavy atom. The lowest BCUT2D eigenvalue weighted by molar-refractivity contribution is -0.136. The van der Waals surface area contributed by atoms with Gasteiger partial charge in [-0.25, -0.2) is 0 Å². The number of fused-ring (bicyclic) bond motifs is 5. The van der Waals surface area contributed by atoms with Crippen LogP contribution in [0.15, 0.2) is 18.5 Å². The van der Waals surface area contributed by atoms with Crippen LogP contribution in [0.1, 0.15) is 58.8 Å². The first-order chi connectivity index (χ1) is 13.4. The molecule has 5 nitrogen and oxygen atoms in total. The van der Waals surface area contributed by atoms with Gasteiger partial charge in [0.05, 0.1) is 12.2 Å². The van der Waals surface area contributed by atoms with E-state index in [2.05, 4.69) is 12.0 Å². The number of aromatic nitrogens is 2. The molecule has 3 unspecified atom stereocenters. The van der Waals surface area contributed by atoms with Gasteiger partial charge in [0.25, 0.3) is 0 Å². The molecule has 3 saturated carbocycles. The van der Waals surface area contributed by atoms with Crippen LogP contribution in [0.3, 0.4) is 0 Å². The van der Waals surface area contributed by atoms with Gasteiger partial charge in [0.15, 0.2) is 5.78 Å². The van der Waals surface area contributed by atoms with Crippen LogP contribution < -0.4 is 0 Å². The number of rotatable bonds is 3. The molecule has 1 saturated heterocycles. The molecule has 0 aromatic carbocycles. The highest BCUT2D eigenvalue weighted by molar-refractivity contribution is 5.84. The quantitative estimate of drug-likeness (QED) is 0.864. The number of ether oxygens (including phenoxy) is 1. The Morgan fingerprint density at radius 3 is 2.79 bits per heavy atom. The van der Waals surface area contributed by atoms with Gasteiger partial charge < -0.3 is 9.84 Å². The number of hydrogen-bond acceptors (Lipinski definition) is 4. The van der Waals surface area contributed by atoms with Crippen molar-refractivity contribution in [3.63, 3.8) is 0 Å². The SMILES string of the molecule is C[C@@]1(O)CC[C@@H]2C3CC[C@@]4(C)C(CO[C@@H]4C(=O)Cn4cccn4)C3CC[C@@H]2C1. The third-order valence-corrected chi connectivity index (χ3v) is 8.89. The summed E-state index contributed by atoms with van der Waals surface area (Å²) in [6, 6.07) is 1.86. The topological polar surface area (TPSA) is 64.3 Å². The van der Waals surface area contributed by atoms with Crippen LogP contribution in [0.5, 0.6) is 0 Å². The van der Waals surface area contributed by atoms with Gasteiger partial charge in [-0.2, -0.15) is 5.10 Å². The minimum absolute atomic E-state index is 0.0294. The van der Waals surface area contributed by atoms with E-state index in [1.54, 1.807) is 10.9 Å². The summed E-state index contributed by atoms with van der Waals surface area (Å²) in [5, 5.41) is 14.7. The Balaban J connectivity index is 1.32. The standard InChI is InChI=1S/C23H34N2O3/c1-22(27)8-6-16-15(12-22)4-5-18-17(16)7-9-23(2)19(18)14-28-21(23)20(26)13-25-11-3-10-24-25/h3,10-11,15-19,21,27H,4-9,12-14H2,1-2H3/t15-,16+,17?,18?,19?,21-,22-,23+/m1/s1. The van der Waals surface area contributed by atoms with Crippen LogP contribution >= 0.6 is 0 Å². The van der Waals surface area contributed by atoms with Gasteiger partial charge in [-0.05, 0) is 87.5 Å². The van der Waals surface area contributed by atoms with E-state index < -0.39 is 5.60 Å². The first-order valence-corrected chi connectivity index (χ1v) is 11.2. The summed E-state index contributed by atoms with van der Waals surface area (Å²) >= 11 is 0. The molecule has 1 N–H and O–H groups in total. The van der Waals surface area contributed by atoms with Gasteiger partial charge in [0.1, 0.15) is 12.6 Å². The number of aliphatic hydroxyl groups is 1. The third-order valence-electron chi connectivity index (χ3n) is 8.89. The van der Waals surface area contributed by atoms with E-state index in [0.29, 0.717) is 24.3 Å². The van der Waals surface area contributed by atoms with Crippen molar-refractivity contribution in [2.45, 2.75) is 77.0 Å². The van der Waals surface area contributed by atoms with E-state index in [4.69, 9.17) is 4.74 Å². The molecule has 1 aliphatic heterocycles. The molecule has 0 amide bonds. The molecule has 5 rings (SSSR count). The molecule has 2 heterocycles. The second kappa shape index (κ2) is 6.66. The summed E-state index contributed by atoms with van der Waals surface area (Å²) < 4.78 is 7.92. The third kappa shape index (κ3) is 2.97. The van der Waals surface area contributed by atoms with Gasteiger partial charge in [-0.15, -0.1) is 0 Å². The summed E-state index contributed by atoms with van der Waals surface area (Å²) in [7, 11) is 0. The highest BCUT2D eigenvalue weighted by Crippen LogP contribution is 2.61. The first-order valence-electron chi connectivity index (χ1n) is 11.2. The Labute approximate surface area is 167 Å². The van der Waals surface area contributed by atoms with Gasteiger partial charge in [-0.1, -0.05) is 6.92 Å². The zero-order valence-corrected chi connectivity index (χ0v) is 17.2. The Kier molecular flexibility index (Phi) is 4.48. The summed E-state index contributed by atoms with van der Waals surface area (Å²) in [6.07, 6.45) is 11.2. The van der Waals surface area contributed by atoms with Gasteiger partial charge >= 0.3 is 0 Å². The molecule has 154 valence electrons. The molecule has 3 aliphatic carbocycles. The molecule has 0 radical (unpaired) electrons. The van der Waals surface area contributed by atoms with Crippen molar-refractivity contribution in [3.8, 4) is 0 Å². The molecule has 0 spiro atoms. The van der Waals surface area contributed by atoms with Crippen LogP contribution in [0.4, 0.5) is 0 Å². The van der Waals surface area contributed by atoms with E-state index in [1.807, 2.05) is 19.2 Å². The maximum Gasteiger partial charge on any atom is 0.183 e. The molecular weight excluding hydrogens is 352 g/mol. The monoisotopic (exact) mass is 386 g/mol. The highest BCUT2D eigenvalue weighted by Gasteiger charge is 2.59. The van der Waals surface area contributed by atoms with E-state index in [1.165, 1.54) is 25.7 Å². The van der Waals surface area contributed by atoms with E-state index in [-0.39, 0.29) is 17.3 Å².